The van der Waals surface area contributed by atoms with Gasteiger partial charge in [-0.15, -0.1) is 0 Å². The summed E-state index contributed by atoms with van der Waals surface area (Å²) in [5.41, 5.74) is 0.854. The van der Waals surface area contributed by atoms with E-state index in [1.54, 1.807) is 47.6 Å². The van der Waals surface area contributed by atoms with Crippen LogP contribution in [0.15, 0.2) is 59.4 Å². The predicted molar refractivity (Wildman–Crippen MR) is 119 cm³/mol. The molecular weight excluding hydrogens is 408 g/mol. The number of rotatable bonds is 6. The SMILES string of the molecule is CC(C)c1cc(C(=O)N2CCC[C@H](C(=O)Nc3ccccc3Oc3cccnc3)C2)no1. The van der Waals surface area contributed by atoms with E-state index in [0.717, 1.165) is 6.42 Å². The van der Waals surface area contributed by atoms with E-state index < -0.39 is 0 Å². The first-order valence-corrected chi connectivity index (χ1v) is 10.7. The summed E-state index contributed by atoms with van der Waals surface area (Å²) < 4.78 is 11.1. The molecule has 1 aromatic carbocycles. The molecule has 1 atom stereocenters. The van der Waals surface area contributed by atoms with Crippen LogP contribution in [0.25, 0.3) is 0 Å². The molecule has 0 spiro atoms. The third-order valence-corrected chi connectivity index (χ3v) is 5.40. The van der Waals surface area contributed by atoms with Crippen LogP contribution < -0.4 is 10.1 Å². The minimum absolute atomic E-state index is 0.146. The fourth-order valence-electron chi connectivity index (χ4n) is 3.63. The molecule has 0 aliphatic carbocycles. The summed E-state index contributed by atoms with van der Waals surface area (Å²) in [6.07, 6.45) is 4.72. The Balaban J connectivity index is 1.42. The van der Waals surface area contributed by atoms with Crippen molar-refractivity contribution in [2.24, 2.45) is 5.92 Å². The molecular formula is C24H26N4O4. The Morgan fingerprint density at radius 3 is 2.81 bits per heavy atom. The van der Waals surface area contributed by atoms with Gasteiger partial charge in [-0.1, -0.05) is 31.1 Å². The molecule has 8 nitrogen and oxygen atoms in total. The summed E-state index contributed by atoms with van der Waals surface area (Å²) in [6, 6.07) is 12.5. The number of pyridine rings is 1. The van der Waals surface area contributed by atoms with E-state index >= 15 is 0 Å². The van der Waals surface area contributed by atoms with Crippen molar-refractivity contribution in [2.45, 2.75) is 32.6 Å². The number of piperidine rings is 1. The number of ether oxygens (including phenoxy) is 1. The van der Waals surface area contributed by atoms with E-state index in [0.29, 0.717) is 42.5 Å². The molecule has 0 radical (unpaired) electrons. The Labute approximate surface area is 186 Å². The van der Waals surface area contributed by atoms with E-state index in [1.165, 1.54) is 0 Å². The monoisotopic (exact) mass is 434 g/mol. The summed E-state index contributed by atoms with van der Waals surface area (Å²) >= 11 is 0. The van der Waals surface area contributed by atoms with Crippen LogP contribution in [-0.4, -0.2) is 39.9 Å². The van der Waals surface area contributed by atoms with Gasteiger partial charge in [0.05, 0.1) is 17.8 Å². The fourth-order valence-corrected chi connectivity index (χ4v) is 3.63. The first kappa shape index (κ1) is 21.5. The Hall–Kier alpha value is -3.68. The van der Waals surface area contributed by atoms with Gasteiger partial charge in [-0.25, -0.2) is 0 Å². The van der Waals surface area contributed by atoms with Gasteiger partial charge in [0.25, 0.3) is 5.91 Å². The maximum atomic E-state index is 13.0. The average molecular weight is 434 g/mol. The molecule has 0 bridgehead atoms. The number of nitrogens with zero attached hydrogens (tertiary/aromatic N) is 3. The van der Waals surface area contributed by atoms with E-state index in [-0.39, 0.29) is 29.3 Å². The summed E-state index contributed by atoms with van der Waals surface area (Å²) in [5, 5.41) is 6.88. The van der Waals surface area contributed by atoms with Crippen LogP contribution in [0.3, 0.4) is 0 Å². The first-order chi connectivity index (χ1) is 15.5. The third kappa shape index (κ3) is 4.96. The quantitative estimate of drug-likeness (QED) is 0.614. The number of amides is 2. The molecule has 2 aromatic heterocycles. The molecule has 0 unspecified atom stereocenters. The van der Waals surface area contributed by atoms with Gasteiger partial charge in [-0.3, -0.25) is 14.6 Å². The molecule has 2 amide bonds. The van der Waals surface area contributed by atoms with E-state index in [2.05, 4.69) is 15.5 Å². The van der Waals surface area contributed by atoms with Gasteiger partial charge in [0.15, 0.2) is 11.4 Å². The van der Waals surface area contributed by atoms with Crippen LogP contribution in [-0.2, 0) is 4.79 Å². The number of para-hydroxylation sites is 2. The second-order valence-corrected chi connectivity index (χ2v) is 8.14. The van der Waals surface area contributed by atoms with E-state index in [1.807, 2.05) is 26.0 Å². The second kappa shape index (κ2) is 9.64. The number of benzene rings is 1. The normalized spacial score (nSPS) is 16.1. The molecule has 1 aliphatic heterocycles. The highest BCUT2D eigenvalue weighted by Gasteiger charge is 2.30. The van der Waals surface area contributed by atoms with Gasteiger partial charge in [0.2, 0.25) is 5.91 Å². The standard InChI is InChI=1S/C24H26N4O4/c1-16(2)22-13-20(27-32-22)24(30)28-12-6-7-17(15-28)23(29)26-19-9-3-4-10-21(19)31-18-8-5-11-25-14-18/h3-5,8-11,13-14,16-17H,6-7,12,15H2,1-2H3,(H,26,29)/t17-/m0/s1. The van der Waals surface area contributed by atoms with Crippen molar-refractivity contribution in [3.05, 3.63) is 66.3 Å². The topological polar surface area (TPSA) is 97.6 Å². The Kier molecular flexibility index (Phi) is 6.49. The molecule has 32 heavy (non-hydrogen) atoms. The van der Waals surface area contributed by atoms with E-state index in [9.17, 15) is 9.59 Å². The third-order valence-electron chi connectivity index (χ3n) is 5.40. The van der Waals surface area contributed by atoms with Crippen molar-refractivity contribution in [1.29, 1.82) is 0 Å². The molecule has 1 aliphatic rings. The molecule has 1 N–H and O–H groups in total. The zero-order valence-electron chi connectivity index (χ0n) is 18.2. The molecule has 1 saturated heterocycles. The highest BCUT2D eigenvalue weighted by Crippen LogP contribution is 2.30. The number of likely N-dealkylation sites (tertiary alicyclic amines) is 1. The van der Waals surface area contributed by atoms with Crippen LogP contribution in [0.1, 0.15) is 48.9 Å². The Morgan fingerprint density at radius 2 is 2.06 bits per heavy atom. The first-order valence-electron chi connectivity index (χ1n) is 10.7. The van der Waals surface area contributed by atoms with Gasteiger partial charge >= 0.3 is 0 Å². The lowest BCUT2D eigenvalue weighted by atomic mass is 9.96. The fraction of sp³-hybridized carbons (Fsp3) is 0.333. The smallest absolute Gasteiger partial charge is 0.276 e. The summed E-state index contributed by atoms with van der Waals surface area (Å²) in [5.74, 6) is 1.25. The summed E-state index contributed by atoms with van der Waals surface area (Å²) in [7, 11) is 0. The lowest BCUT2D eigenvalue weighted by molar-refractivity contribution is -0.121. The van der Waals surface area contributed by atoms with E-state index in [4.69, 9.17) is 9.26 Å². The largest absolute Gasteiger partial charge is 0.454 e. The van der Waals surface area contributed by atoms with Crippen molar-refractivity contribution in [3.8, 4) is 11.5 Å². The van der Waals surface area contributed by atoms with Crippen molar-refractivity contribution in [2.75, 3.05) is 18.4 Å². The van der Waals surface area contributed by atoms with Crippen molar-refractivity contribution in [1.82, 2.24) is 15.0 Å². The predicted octanol–water partition coefficient (Wildman–Crippen LogP) is 4.48. The number of nitrogens with one attached hydrogen (secondary N) is 1. The van der Waals surface area contributed by atoms with Gasteiger partial charge < -0.3 is 19.5 Å². The highest BCUT2D eigenvalue weighted by molar-refractivity contribution is 5.96. The number of hydrogen-bond acceptors (Lipinski definition) is 6. The molecule has 4 rings (SSSR count). The number of hydrogen-bond donors (Lipinski definition) is 1. The second-order valence-electron chi connectivity index (χ2n) is 8.14. The Bertz CT molecular complexity index is 1080. The summed E-state index contributed by atoms with van der Waals surface area (Å²) in [4.78, 5) is 31.6. The molecule has 166 valence electrons. The molecule has 1 fully saturated rings. The number of carbonyl (C=O) groups is 2. The highest BCUT2D eigenvalue weighted by atomic mass is 16.5. The molecule has 8 heteroatoms. The van der Waals surface area contributed by atoms with Gasteiger partial charge in [0.1, 0.15) is 11.5 Å². The van der Waals surface area contributed by atoms with Crippen LogP contribution in [0.5, 0.6) is 11.5 Å². The minimum Gasteiger partial charge on any atom is -0.454 e. The maximum Gasteiger partial charge on any atom is 0.276 e. The van der Waals surface area contributed by atoms with Crippen LogP contribution in [0.2, 0.25) is 0 Å². The zero-order valence-corrected chi connectivity index (χ0v) is 18.2. The minimum atomic E-state index is -0.324. The van der Waals surface area contributed by atoms with Gasteiger partial charge in [-0.05, 0) is 37.1 Å². The van der Waals surface area contributed by atoms with Crippen molar-refractivity contribution in [3.63, 3.8) is 0 Å². The molecule has 3 aromatic rings. The maximum absolute atomic E-state index is 13.0. The van der Waals surface area contributed by atoms with Gasteiger partial charge in [-0.2, -0.15) is 0 Å². The number of aromatic nitrogens is 2. The number of carbonyl (C=O) groups excluding carboxylic acids is 2. The van der Waals surface area contributed by atoms with Crippen molar-refractivity contribution >= 4 is 17.5 Å². The van der Waals surface area contributed by atoms with Crippen LogP contribution in [0, 0.1) is 5.92 Å². The molecule has 3 heterocycles. The van der Waals surface area contributed by atoms with Gasteiger partial charge in [0, 0.05) is 31.3 Å². The average Bonchev–Trinajstić information content (AvgIpc) is 3.31. The lowest BCUT2D eigenvalue weighted by Crippen LogP contribution is -2.43. The lowest BCUT2D eigenvalue weighted by Gasteiger charge is -2.31. The number of anilines is 1. The van der Waals surface area contributed by atoms with Crippen LogP contribution in [0.4, 0.5) is 5.69 Å². The zero-order chi connectivity index (χ0) is 22.5. The van der Waals surface area contributed by atoms with Crippen LogP contribution >= 0.6 is 0 Å². The Morgan fingerprint density at radius 1 is 1.22 bits per heavy atom. The summed E-state index contributed by atoms with van der Waals surface area (Å²) in [6.45, 7) is 4.88. The molecule has 0 saturated carbocycles. The van der Waals surface area contributed by atoms with Crippen molar-refractivity contribution < 1.29 is 18.8 Å².